The lowest BCUT2D eigenvalue weighted by molar-refractivity contribution is -0.131. The van der Waals surface area contributed by atoms with Crippen molar-refractivity contribution in [3.8, 4) is 5.69 Å². The van der Waals surface area contributed by atoms with Gasteiger partial charge < -0.3 is 15.1 Å². The van der Waals surface area contributed by atoms with E-state index >= 15 is 0 Å². The van der Waals surface area contributed by atoms with E-state index in [1.54, 1.807) is 0 Å². The number of amides is 1. The average molecular weight is 498 g/mol. The van der Waals surface area contributed by atoms with Crippen LogP contribution >= 0.6 is 24.0 Å². The lowest BCUT2D eigenvalue weighted by atomic mass is 10.3. The molecule has 2 rings (SSSR count). The molecule has 154 valence electrons. The maximum atomic E-state index is 12.3. The Labute approximate surface area is 184 Å². The second-order valence-corrected chi connectivity index (χ2v) is 6.18. The van der Waals surface area contributed by atoms with Crippen LogP contribution in [0.4, 0.5) is 0 Å². The van der Waals surface area contributed by atoms with Crippen LogP contribution in [-0.2, 0) is 11.3 Å². The van der Waals surface area contributed by atoms with Gasteiger partial charge in [0.2, 0.25) is 5.91 Å². The van der Waals surface area contributed by atoms with Gasteiger partial charge in [0.05, 0.1) is 24.5 Å². The molecule has 8 heteroatoms. The van der Waals surface area contributed by atoms with Gasteiger partial charge in [0.1, 0.15) is 0 Å². The Morgan fingerprint density at radius 2 is 1.82 bits per heavy atom. The van der Waals surface area contributed by atoms with Gasteiger partial charge in [0, 0.05) is 32.9 Å². The Kier molecular flexibility index (Phi) is 10.6. The predicted octanol–water partition coefficient (Wildman–Crippen LogP) is 2.76. The number of aromatic nitrogens is 2. The van der Waals surface area contributed by atoms with E-state index in [-0.39, 0.29) is 29.9 Å². The first-order chi connectivity index (χ1) is 13.1. The molecule has 0 saturated heterocycles. The highest BCUT2D eigenvalue weighted by Crippen LogP contribution is 2.07. The fraction of sp³-hybridized carbons (Fsp3) is 0.450. The molecule has 0 aliphatic heterocycles. The number of benzene rings is 1. The summed E-state index contributed by atoms with van der Waals surface area (Å²) in [6, 6.07) is 11.9. The zero-order valence-corrected chi connectivity index (χ0v) is 19.5. The van der Waals surface area contributed by atoms with E-state index in [1.807, 2.05) is 84.9 Å². The van der Waals surface area contributed by atoms with Gasteiger partial charge in [-0.05, 0) is 39.0 Å². The molecule has 0 aliphatic rings. The molecule has 0 bridgehead atoms. The van der Waals surface area contributed by atoms with Crippen LogP contribution in [-0.4, -0.2) is 64.7 Å². The summed E-state index contributed by atoms with van der Waals surface area (Å²) in [5.41, 5.74) is 1.89. The number of carbonyl (C=O) groups excluding carboxylic acids is 1. The number of halogens is 1. The van der Waals surface area contributed by atoms with Crippen molar-refractivity contribution >= 4 is 35.8 Å². The predicted molar refractivity (Wildman–Crippen MR) is 124 cm³/mol. The first kappa shape index (κ1) is 23.9. The first-order valence-corrected chi connectivity index (χ1v) is 9.46. The molecule has 1 heterocycles. The lowest BCUT2D eigenvalue weighted by Gasteiger charge is -2.25. The van der Waals surface area contributed by atoms with Crippen LogP contribution < -0.4 is 5.32 Å². The molecular formula is C20H31IN6O. The molecule has 2 aromatic rings. The monoisotopic (exact) mass is 498 g/mol. The molecule has 0 atom stereocenters. The van der Waals surface area contributed by atoms with Gasteiger partial charge in [-0.3, -0.25) is 4.79 Å². The zero-order valence-electron chi connectivity index (χ0n) is 17.1. The van der Waals surface area contributed by atoms with Gasteiger partial charge in [0.15, 0.2) is 5.96 Å². The van der Waals surface area contributed by atoms with Crippen LogP contribution in [0.15, 0.2) is 47.6 Å². The minimum Gasteiger partial charge on any atom is -0.357 e. The van der Waals surface area contributed by atoms with Crippen molar-refractivity contribution in [3.63, 3.8) is 0 Å². The number of nitrogens with zero attached hydrogens (tertiary/aromatic N) is 5. The second kappa shape index (κ2) is 12.4. The molecule has 0 unspecified atom stereocenters. The number of hydrogen-bond donors (Lipinski definition) is 1. The Balaban J connectivity index is 0.00000392. The topological polar surface area (TPSA) is 65.8 Å². The third-order valence-electron chi connectivity index (χ3n) is 4.24. The summed E-state index contributed by atoms with van der Waals surface area (Å²) in [4.78, 5) is 20.7. The summed E-state index contributed by atoms with van der Waals surface area (Å²) >= 11 is 0. The maximum Gasteiger partial charge on any atom is 0.242 e. The number of carbonyl (C=O) groups is 1. The average Bonchev–Trinajstić information content (AvgIpc) is 3.15. The van der Waals surface area contributed by atoms with Crippen LogP contribution in [0.5, 0.6) is 0 Å². The van der Waals surface area contributed by atoms with Crippen molar-refractivity contribution in [3.05, 3.63) is 48.3 Å². The summed E-state index contributed by atoms with van der Waals surface area (Å²) in [6.45, 7) is 8.91. The third kappa shape index (κ3) is 6.81. The highest BCUT2D eigenvalue weighted by Gasteiger charge is 2.15. The van der Waals surface area contributed by atoms with Gasteiger partial charge >= 0.3 is 0 Å². The molecule has 0 fully saturated rings. The van der Waals surface area contributed by atoms with E-state index in [2.05, 4.69) is 15.4 Å². The summed E-state index contributed by atoms with van der Waals surface area (Å²) in [5.74, 6) is 0.800. The minimum absolute atomic E-state index is 0. The van der Waals surface area contributed by atoms with Gasteiger partial charge in [0.25, 0.3) is 0 Å². The van der Waals surface area contributed by atoms with Crippen molar-refractivity contribution in [1.29, 1.82) is 0 Å². The second-order valence-electron chi connectivity index (χ2n) is 6.18. The lowest BCUT2D eigenvalue weighted by Crippen LogP contribution is -2.45. The molecule has 1 N–H and O–H groups in total. The number of aliphatic imine (C=N–C) groups is 1. The van der Waals surface area contributed by atoms with E-state index < -0.39 is 0 Å². The molecule has 7 nitrogen and oxygen atoms in total. The summed E-state index contributed by atoms with van der Waals surface area (Å²) in [5, 5.41) is 7.82. The van der Waals surface area contributed by atoms with E-state index in [4.69, 9.17) is 0 Å². The Morgan fingerprint density at radius 3 is 2.43 bits per heavy atom. The van der Waals surface area contributed by atoms with Gasteiger partial charge in [-0.1, -0.05) is 18.2 Å². The summed E-state index contributed by atoms with van der Waals surface area (Å²) in [6.07, 6.45) is 1.93. The fourth-order valence-corrected chi connectivity index (χ4v) is 2.75. The molecule has 1 amide bonds. The number of rotatable bonds is 8. The Bertz CT molecular complexity index is 742. The van der Waals surface area contributed by atoms with Crippen LogP contribution in [0.2, 0.25) is 0 Å². The van der Waals surface area contributed by atoms with Crippen LogP contribution in [0.25, 0.3) is 5.69 Å². The van der Waals surface area contributed by atoms with Crippen LogP contribution in [0.3, 0.4) is 0 Å². The molecule has 1 aromatic carbocycles. The van der Waals surface area contributed by atoms with Gasteiger partial charge in [-0.15, -0.1) is 24.0 Å². The standard InChI is InChI=1S/C20H30N6O.HI/c1-5-21-20(24(4)16-19(27)25(6-2)7-3)22-15-17-13-14-26(23-17)18-11-9-8-10-12-18;/h8-14H,5-7,15-16H2,1-4H3,(H,21,22);1H. The molecule has 28 heavy (non-hydrogen) atoms. The first-order valence-electron chi connectivity index (χ1n) is 9.46. The number of guanidine groups is 1. The van der Waals surface area contributed by atoms with Crippen LogP contribution in [0.1, 0.15) is 26.5 Å². The molecule has 0 aliphatic carbocycles. The molecule has 1 aromatic heterocycles. The van der Waals surface area contributed by atoms with Crippen LogP contribution in [0, 0.1) is 0 Å². The van der Waals surface area contributed by atoms with E-state index in [1.165, 1.54) is 0 Å². The molecular weight excluding hydrogens is 467 g/mol. The minimum atomic E-state index is 0. The van der Waals surface area contributed by atoms with Crippen molar-refractivity contribution < 1.29 is 4.79 Å². The summed E-state index contributed by atoms with van der Waals surface area (Å²) in [7, 11) is 1.88. The quantitative estimate of drug-likeness (QED) is 0.346. The van der Waals surface area contributed by atoms with Gasteiger partial charge in [-0.2, -0.15) is 5.10 Å². The zero-order chi connectivity index (χ0) is 19.6. The Morgan fingerprint density at radius 1 is 1.14 bits per heavy atom. The fourth-order valence-electron chi connectivity index (χ4n) is 2.75. The van der Waals surface area contributed by atoms with Crippen molar-refractivity contribution in [2.75, 3.05) is 33.2 Å². The molecule has 0 saturated carbocycles. The Hall–Kier alpha value is -2.10. The van der Waals surface area contributed by atoms with E-state index in [9.17, 15) is 4.79 Å². The maximum absolute atomic E-state index is 12.3. The largest absolute Gasteiger partial charge is 0.357 e. The molecule has 0 radical (unpaired) electrons. The SMILES string of the molecule is CCNC(=NCc1ccn(-c2ccccc2)n1)N(C)CC(=O)N(CC)CC.I. The van der Waals surface area contributed by atoms with Gasteiger partial charge in [-0.25, -0.2) is 9.67 Å². The van der Waals surface area contributed by atoms with E-state index in [0.717, 1.165) is 17.9 Å². The number of hydrogen-bond acceptors (Lipinski definition) is 3. The third-order valence-corrected chi connectivity index (χ3v) is 4.24. The van der Waals surface area contributed by atoms with Crippen molar-refractivity contribution in [2.24, 2.45) is 4.99 Å². The number of para-hydroxylation sites is 1. The number of nitrogens with one attached hydrogen (secondary N) is 1. The van der Waals surface area contributed by atoms with Crippen molar-refractivity contribution in [2.45, 2.75) is 27.3 Å². The summed E-state index contributed by atoms with van der Waals surface area (Å²) < 4.78 is 1.84. The normalized spacial score (nSPS) is 10.9. The van der Waals surface area contributed by atoms with E-state index in [0.29, 0.717) is 32.1 Å². The number of likely N-dealkylation sites (N-methyl/N-ethyl adjacent to an activating group) is 2. The highest BCUT2D eigenvalue weighted by atomic mass is 127. The smallest absolute Gasteiger partial charge is 0.242 e. The van der Waals surface area contributed by atoms with Crippen molar-refractivity contribution in [1.82, 2.24) is 24.9 Å². The molecule has 0 spiro atoms. The highest BCUT2D eigenvalue weighted by molar-refractivity contribution is 14.0.